The van der Waals surface area contributed by atoms with Crippen molar-refractivity contribution in [1.82, 2.24) is 10.2 Å². The van der Waals surface area contributed by atoms with Crippen LogP contribution in [0.1, 0.15) is 71.1 Å². The maximum atomic E-state index is 13.5. The quantitative estimate of drug-likeness (QED) is 0.314. The Hall–Kier alpha value is -3.64. The van der Waals surface area contributed by atoms with Gasteiger partial charge in [0.1, 0.15) is 11.5 Å². The Morgan fingerprint density at radius 3 is 2.56 bits per heavy atom. The fourth-order valence-corrected chi connectivity index (χ4v) is 7.85. The third kappa shape index (κ3) is 5.24. The summed E-state index contributed by atoms with van der Waals surface area (Å²) >= 11 is 0. The van der Waals surface area contributed by atoms with Crippen LogP contribution in [0.2, 0.25) is 0 Å². The molecule has 0 spiro atoms. The molecule has 43 heavy (non-hydrogen) atoms. The van der Waals surface area contributed by atoms with E-state index in [9.17, 15) is 9.59 Å². The zero-order valence-electron chi connectivity index (χ0n) is 25.5. The van der Waals surface area contributed by atoms with Gasteiger partial charge in [-0.15, -0.1) is 0 Å². The molecule has 2 fully saturated rings. The van der Waals surface area contributed by atoms with E-state index in [1.165, 1.54) is 18.4 Å². The SMILES string of the molecule is CCN(CC1CC1)[C@@H]1Cc2ccc(C(=O)NCCc3ccc(-c4ccc(OC)c(C)c4)cc3)c3c2C2[C@H]1CCC(=O)[C@@H]2O3. The van der Waals surface area contributed by atoms with Crippen LogP contribution in [-0.4, -0.2) is 55.5 Å². The molecule has 0 bridgehead atoms. The zero-order chi connectivity index (χ0) is 29.7. The number of Topliss-reactive ketones (excluding diaryl/α,β-unsaturated/α-hetero) is 1. The van der Waals surface area contributed by atoms with E-state index in [0.29, 0.717) is 36.2 Å². The maximum absolute atomic E-state index is 13.5. The summed E-state index contributed by atoms with van der Waals surface area (Å²) in [7, 11) is 1.69. The molecule has 0 saturated heterocycles. The minimum absolute atomic E-state index is 0.0685. The fourth-order valence-electron chi connectivity index (χ4n) is 7.85. The zero-order valence-corrected chi connectivity index (χ0v) is 25.5. The number of carbonyl (C=O) groups is 2. The first-order valence-corrected chi connectivity index (χ1v) is 16.1. The first kappa shape index (κ1) is 28.1. The second-order valence-electron chi connectivity index (χ2n) is 12.9. The van der Waals surface area contributed by atoms with E-state index >= 15 is 0 Å². The molecule has 4 aliphatic rings. The molecule has 1 N–H and O–H groups in total. The van der Waals surface area contributed by atoms with Gasteiger partial charge in [0, 0.05) is 37.0 Å². The molecule has 7 rings (SSSR count). The highest BCUT2D eigenvalue weighted by molar-refractivity contribution is 5.99. The average Bonchev–Trinajstić information content (AvgIpc) is 3.76. The van der Waals surface area contributed by atoms with E-state index in [4.69, 9.17) is 9.47 Å². The molecule has 0 aromatic heterocycles. The number of hydrogen-bond donors (Lipinski definition) is 1. The van der Waals surface area contributed by atoms with Gasteiger partial charge in [0.15, 0.2) is 11.9 Å². The van der Waals surface area contributed by atoms with E-state index in [2.05, 4.69) is 66.5 Å². The Kier molecular flexibility index (Phi) is 7.50. The normalized spacial score (nSPS) is 23.6. The highest BCUT2D eigenvalue weighted by Gasteiger charge is 2.54. The number of aryl methyl sites for hydroxylation is 1. The van der Waals surface area contributed by atoms with E-state index in [-0.39, 0.29) is 17.6 Å². The van der Waals surface area contributed by atoms with Crippen molar-refractivity contribution in [2.24, 2.45) is 11.8 Å². The highest BCUT2D eigenvalue weighted by Crippen LogP contribution is 2.55. The minimum atomic E-state index is -0.447. The monoisotopic (exact) mass is 578 g/mol. The summed E-state index contributed by atoms with van der Waals surface area (Å²) in [4.78, 5) is 29.2. The van der Waals surface area contributed by atoms with Crippen molar-refractivity contribution in [1.29, 1.82) is 0 Å². The van der Waals surface area contributed by atoms with Crippen LogP contribution in [0.15, 0.2) is 54.6 Å². The average molecular weight is 579 g/mol. The van der Waals surface area contributed by atoms with Crippen LogP contribution in [0.3, 0.4) is 0 Å². The van der Waals surface area contributed by atoms with E-state index < -0.39 is 6.10 Å². The van der Waals surface area contributed by atoms with E-state index in [0.717, 1.165) is 71.8 Å². The predicted octanol–water partition coefficient (Wildman–Crippen LogP) is 6.12. The van der Waals surface area contributed by atoms with E-state index in [1.54, 1.807) is 7.11 Å². The fraction of sp³-hybridized carbons (Fsp3) is 0.459. The number of rotatable bonds is 10. The standard InChI is InChI=1S/C37H42N2O4/c1-4-39(21-24-5-6-24)30-20-27-11-13-29(35-33(27)34-28(30)14-15-31(40)36(34)43-35)37(41)38-18-17-23-7-9-25(10-8-23)26-12-16-32(42-3)22(2)19-26/h7-13,16,19,24,28,30,34,36H,4-6,14-15,17-18,20-21H2,1-3H3,(H,38,41)/t28-,30+,34?,36-/m0/s1. The Balaban J connectivity index is 1.04. The van der Waals surface area contributed by atoms with Gasteiger partial charge in [-0.3, -0.25) is 14.5 Å². The molecule has 1 heterocycles. The lowest BCUT2D eigenvalue weighted by molar-refractivity contribution is -0.130. The summed E-state index contributed by atoms with van der Waals surface area (Å²) in [6.07, 6.45) is 5.44. The molecule has 3 aromatic carbocycles. The molecule has 3 aliphatic carbocycles. The summed E-state index contributed by atoms with van der Waals surface area (Å²) in [5, 5.41) is 3.12. The summed E-state index contributed by atoms with van der Waals surface area (Å²) in [6, 6.07) is 19.2. The lowest BCUT2D eigenvalue weighted by Crippen LogP contribution is -2.52. The molecule has 1 unspecified atom stereocenters. The van der Waals surface area contributed by atoms with Crippen molar-refractivity contribution in [2.75, 3.05) is 26.7 Å². The van der Waals surface area contributed by atoms with Crippen molar-refractivity contribution in [3.63, 3.8) is 0 Å². The van der Waals surface area contributed by atoms with Crippen LogP contribution in [0, 0.1) is 18.8 Å². The van der Waals surface area contributed by atoms with Gasteiger partial charge in [0.2, 0.25) is 0 Å². The molecule has 1 amide bonds. The Morgan fingerprint density at radius 1 is 1.05 bits per heavy atom. The largest absolute Gasteiger partial charge is 0.496 e. The summed E-state index contributed by atoms with van der Waals surface area (Å²) in [6.45, 7) is 7.05. The number of amides is 1. The van der Waals surface area contributed by atoms with Gasteiger partial charge in [-0.05, 0) is 103 Å². The number of carbonyl (C=O) groups excluding carboxylic acids is 2. The topological polar surface area (TPSA) is 67.9 Å². The first-order valence-electron chi connectivity index (χ1n) is 16.1. The summed E-state index contributed by atoms with van der Waals surface area (Å²) in [5.41, 5.74) is 7.54. The number of hydrogen-bond acceptors (Lipinski definition) is 5. The number of ketones is 1. The third-order valence-corrected chi connectivity index (χ3v) is 10.3. The van der Waals surface area contributed by atoms with Crippen molar-refractivity contribution < 1.29 is 19.1 Å². The smallest absolute Gasteiger partial charge is 0.255 e. The molecule has 3 aromatic rings. The number of benzene rings is 3. The van der Waals surface area contributed by atoms with Crippen molar-refractivity contribution in [3.8, 4) is 22.6 Å². The lowest BCUT2D eigenvalue weighted by atomic mass is 9.64. The molecule has 6 nitrogen and oxygen atoms in total. The van der Waals surface area contributed by atoms with Crippen LogP contribution in [0.5, 0.6) is 11.5 Å². The van der Waals surface area contributed by atoms with Crippen LogP contribution < -0.4 is 14.8 Å². The minimum Gasteiger partial charge on any atom is -0.496 e. The van der Waals surface area contributed by atoms with Crippen LogP contribution in [0.25, 0.3) is 11.1 Å². The van der Waals surface area contributed by atoms with Gasteiger partial charge in [0.25, 0.3) is 5.91 Å². The number of nitrogens with zero attached hydrogens (tertiary/aromatic N) is 1. The van der Waals surface area contributed by atoms with E-state index in [1.807, 2.05) is 12.1 Å². The van der Waals surface area contributed by atoms with Gasteiger partial charge < -0.3 is 14.8 Å². The number of methoxy groups -OCH3 is 1. The van der Waals surface area contributed by atoms with Crippen molar-refractivity contribution in [3.05, 3.63) is 82.4 Å². The number of likely N-dealkylation sites (N-methyl/N-ethyl adjacent to an activating group) is 1. The first-order chi connectivity index (χ1) is 20.9. The molecule has 224 valence electrons. The lowest BCUT2D eigenvalue weighted by Gasteiger charge is -2.46. The summed E-state index contributed by atoms with van der Waals surface area (Å²) < 4.78 is 11.8. The number of nitrogens with one attached hydrogen (secondary N) is 1. The molecule has 0 radical (unpaired) electrons. The second kappa shape index (κ2) is 11.5. The predicted molar refractivity (Wildman–Crippen MR) is 168 cm³/mol. The van der Waals surface area contributed by atoms with Crippen molar-refractivity contribution >= 4 is 11.7 Å². The molecule has 4 atom stereocenters. The second-order valence-corrected chi connectivity index (χ2v) is 12.9. The van der Waals surface area contributed by atoms with Crippen LogP contribution >= 0.6 is 0 Å². The molecular weight excluding hydrogens is 536 g/mol. The van der Waals surface area contributed by atoms with Gasteiger partial charge in [-0.2, -0.15) is 0 Å². The molecule has 1 aliphatic heterocycles. The van der Waals surface area contributed by atoms with Gasteiger partial charge in [0.05, 0.1) is 12.7 Å². The Bertz CT molecular complexity index is 1540. The third-order valence-electron chi connectivity index (χ3n) is 10.3. The Labute approximate surface area is 254 Å². The molecule has 6 heteroatoms. The summed E-state index contributed by atoms with van der Waals surface area (Å²) in [5.74, 6) is 2.91. The van der Waals surface area contributed by atoms with Crippen LogP contribution in [-0.2, 0) is 17.6 Å². The van der Waals surface area contributed by atoms with Crippen LogP contribution in [0.4, 0.5) is 0 Å². The number of ether oxygens (including phenoxy) is 2. The van der Waals surface area contributed by atoms with Gasteiger partial charge in [-0.1, -0.05) is 43.3 Å². The Morgan fingerprint density at radius 2 is 1.84 bits per heavy atom. The molecule has 2 saturated carbocycles. The highest BCUT2D eigenvalue weighted by atomic mass is 16.5. The van der Waals surface area contributed by atoms with Gasteiger partial charge in [-0.25, -0.2) is 0 Å². The molecular formula is C37H42N2O4. The van der Waals surface area contributed by atoms with Crippen molar-refractivity contribution in [2.45, 2.75) is 70.4 Å². The maximum Gasteiger partial charge on any atom is 0.255 e. The van der Waals surface area contributed by atoms with Gasteiger partial charge >= 0.3 is 0 Å².